The molecule has 422 valence electrons. The molecule has 5 rings (SSSR count). The number of likely N-dealkylation sites (N-methyl/N-ethyl adjacent to an activating group) is 1. The van der Waals surface area contributed by atoms with Gasteiger partial charge in [-0.05, 0) is 106 Å². The van der Waals surface area contributed by atoms with Crippen LogP contribution in [0.15, 0.2) is 35.5 Å². The third kappa shape index (κ3) is 15.7. The summed E-state index contributed by atoms with van der Waals surface area (Å²) in [6.45, 7) is 18.9. The van der Waals surface area contributed by atoms with Crippen LogP contribution in [0.3, 0.4) is 0 Å². The molecule has 3 saturated heterocycles. The van der Waals surface area contributed by atoms with E-state index in [2.05, 4.69) is 16.0 Å². The van der Waals surface area contributed by atoms with E-state index in [4.69, 9.17) is 42.7 Å². The number of oxime groups is 1. The summed E-state index contributed by atoms with van der Waals surface area (Å²) in [5.41, 5.74) is 1.58. The quantitative estimate of drug-likeness (QED) is 0.0473. The number of benzene rings is 1. The van der Waals surface area contributed by atoms with Crippen LogP contribution in [0.25, 0.3) is 0 Å². The van der Waals surface area contributed by atoms with Gasteiger partial charge in [-0.2, -0.15) is 0 Å². The normalized spacial score (nSPS) is 39.6. The van der Waals surface area contributed by atoms with Gasteiger partial charge in [-0.15, -0.1) is 0 Å². The second-order valence-electron chi connectivity index (χ2n) is 22.6. The fraction of sp³-hybridized carbons (Fsp3) is 0.818. The minimum atomic E-state index is -1.98. The van der Waals surface area contributed by atoms with E-state index in [1.807, 2.05) is 51.0 Å². The number of esters is 2. The molecule has 1 saturated carbocycles. The monoisotopic (exact) mass is 1050 g/mol. The van der Waals surface area contributed by atoms with Gasteiger partial charge in [0, 0.05) is 38.2 Å². The number of nitrogens with one attached hydrogen (secondary N) is 2. The number of nitrogens with zero attached hydrogens (tertiary/aromatic N) is 2. The van der Waals surface area contributed by atoms with Crippen LogP contribution in [0, 0.1) is 29.6 Å². The van der Waals surface area contributed by atoms with Crippen molar-refractivity contribution in [3.8, 4) is 0 Å². The highest BCUT2D eigenvalue weighted by Gasteiger charge is 2.55. The van der Waals surface area contributed by atoms with E-state index in [1.54, 1.807) is 60.6 Å². The topological polar surface area (TPSA) is 235 Å². The molecule has 4 fully saturated rings. The molecule has 1 aromatic rings. The van der Waals surface area contributed by atoms with Crippen molar-refractivity contribution in [3.63, 3.8) is 0 Å². The third-order valence-electron chi connectivity index (χ3n) is 16.2. The molecule has 1 aliphatic carbocycles. The van der Waals surface area contributed by atoms with Crippen LogP contribution in [0.1, 0.15) is 147 Å². The second kappa shape index (κ2) is 27.1. The van der Waals surface area contributed by atoms with Gasteiger partial charge in [0.1, 0.15) is 23.9 Å². The number of hydrazine groups is 1. The first-order valence-corrected chi connectivity index (χ1v) is 27.1. The Morgan fingerprint density at radius 3 is 2.19 bits per heavy atom. The highest BCUT2D eigenvalue weighted by Crippen LogP contribution is 2.42. The minimum absolute atomic E-state index is 0.0383. The summed E-state index contributed by atoms with van der Waals surface area (Å²) in [6, 6.07) is 8.64. The molecule has 0 radical (unpaired) electrons. The van der Waals surface area contributed by atoms with Gasteiger partial charge < -0.3 is 63.0 Å². The Kier molecular flexibility index (Phi) is 22.4. The molecular weight excluding hydrogens is 957 g/mol. The van der Waals surface area contributed by atoms with Crippen LogP contribution in [0.4, 0.5) is 10.5 Å². The van der Waals surface area contributed by atoms with Crippen LogP contribution in [0.5, 0.6) is 0 Å². The van der Waals surface area contributed by atoms with Crippen molar-refractivity contribution in [2.24, 2.45) is 34.7 Å². The van der Waals surface area contributed by atoms with Gasteiger partial charge in [-0.1, -0.05) is 83.2 Å². The molecule has 3 aliphatic heterocycles. The summed E-state index contributed by atoms with van der Waals surface area (Å²) in [4.78, 5) is 48.8. The zero-order valence-electron chi connectivity index (χ0n) is 46.7. The Hall–Kier alpha value is -3.66. The average Bonchev–Trinajstić information content (AvgIpc) is 3.35. The lowest BCUT2D eigenvalue weighted by Crippen LogP contribution is -2.62. The molecule has 18 atom stereocenters. The summed E-state index contributed by atoms with van der Waals surface area (Å²) in [5.74, 6) is -4.15. The maximum absolute atomic E-state index is 14.8. The zero-order chi connectivity index (χ0) is 54.7. The van der Waals surface area contributed by atoms with Crippen molar-refractivity contribution >= 4 is 29.4 Å². The number of carbonyl (C=O) groups is 3. The minimum Gasteiger partial charge on any atom is -0.459 e. The molecule has 4 aliphatic rings. The van der Waals surface area contributed by atoms with Crippen molar-refractivity contribution in [1.29, 1.82) is 0 Å². The molecule has 0 aromatic heterocycles. The first kappa shape index (κ1) is 61.2. The van der Waals surface area contributed by atoms with Crippen LogP contribution in [-0.4, -0.2) is 156 Å². The maximum Gasteiger partial charge on any atom is 0.426 e. The number of hydrogen-bond donors (Lipinski definition) is 5. The Morgan fingerprint density at radius 1 is 0.892 bits per heavy atom. The van der Waals surface area contributed by atoms with Gasteiger partial charge in [0.05, 0.1) is 59.5 Å². The number of carbonyl (C=O) groups excluding carboxylic acids is 3. The van der Waals surface area contributed by atoms with Crippen molar-refractivity contribution < 1.29 is 72.4 Å². The first-order chi connectivity index (χ1) is 34.8. The van der Waals surface area contributed by atoms with Gasteiger partial charge in [-0.25, -0.2) is 10.2 Å². The van der Waals surface area contributed by atoms with E-state index in [0.717, 1.165) is 12.8 Å². The van der Waals surface area contributed by atoms with Crippen LogP contribution >= 0.6 is 0 Å². The van der Waals surface area contributed by atoms with Gasteiger partial charge in [0.2, 0.25) is 0 Å². The Morgan fingerprint density at radius 2 is 1.57 bits per heavy atom. The number of aliphatic hydroxyl groups is 3. The molecule has 19 nitrogen and oxygen atoms in total. The molecule has 1 amide bonds. The van der Waals surface area contributed by atoms with Gasteiger partial charge in [0.15, 0.2) is 24.8 Å². The number of rotatable bonds is 16. The first-order valence-electron chi connectivity index (χ1n) is 27.1. The SMILES string of the molecule is CC[C@H]1OC(=O)[C@H](C)[C@@H](O[C@H]2C[C@@](C)(OC)[C@@H](OC(C)=O)[C@H](C)O2)[C@H](C)[C@@H](O[C@@H]2O[C@H](C)C[C@H](N(C)C)[C@H]2OC(=O)NNc2ccccc2)C(C)(O)C[C@@H](C)/C(=N\OCCCC2CCCCC2)[C@H](C)[C@@H](O)[C@]1(C)O. The predicted molar refractivity (Wildman–Crippen MR) is 277 cm³/mol. The van der Waals surface area contributed by atoms with E-state index in [0.29, 0.717) is 30.3 Å². The number of anilines is 1. The smallest absolute Gasteiger partial charge is 0.426 e. The van der Waals surface area contributed by atoms with Crippen molar-refractivity contribution in [2.45, 2.75) is 231 Å². The predicted octanol–water partition coefficient (Wildman–Crippen LogP) is 7.28. The number of methoxy groups -OCH3 is 1. The molecule has 0 spiro atoms. The number of amides is 1. The van der Waals surface area contributed by atoms with Crippen LogP contribution in [0.2, 0.25) is 0 Å². The fourth-order valence-electron chi connectivity index (χ4n) is 11.9. The van der Waals surface area contributed by atoms with E-state index < -0.39 is 126 Å². The molecular formula is C55H92N4O15. The molecule has 19 heteroatoms. The van der Waals surface area contributed by atoms with E-state index in [9.17, 15) is 29.7 Å². The molecule has 1 aromatic carbocycles. The van der Waals surface area contributed by atoms with Crippen molar-refractivity contribution in [1.82, 2.24) is 10.3 Å². The molecule has 3 heterocycles. The number of cyclic esters (lactones) is 1. The molecule has 74 heavy (non-hydrogen) atoms. The van der Waals surface area contributed by atoms with E-state index in [-0.39, 0.29) is 19.3 Å². The second-order valence-corrected chi connectivity index (χ2v) is 22.6. The van der Waals surface area contributed by atoms with E-state index in [1.165, 1.54) is 53.1 Å². The lowest BCUT2D eigenvalue weighted by atomic mass is 9.73. The van der Waals surface area contributed by atoms with Crippen LogP contribution in [-0.2, 0) is 52.3 Å². The standard InChI is InChI=1S/C55H92N4O15/c1-15-42-55(11,65)47(61)34(4)44(58-67-28-22-25-39-23-18-16-19-24-39)32(2)30-53(9,64)48(74-51-46(41(59(12)13)29-33(3)68-51)73-52(63)57-56-40-26-20-17-21-27-40)35(5)45(36(6)50(62)71-42)72-43-31-54(10,66-14)49(37(7)69-43)70-38(8)60/h17,20-21,26-27,32-37,39,41-43,45-49,51,56,61,64-65H,15-16,18-19,22-25,28-31H2,1-14H3,(H,57,63)/b58-44+/t32-,33-,34+,35+,36-,37+,41+,42-,43+,45+,46-,47-,48-,49+,51+,53?,54-,55-/m1/s1. The zero-order valence-corrected chi connectivity index (χ0v) is 46.7. The summed E-state index contributed by atoms with van der Waals surface area (Å²) < 4.78 is 51.2. The van der Waals surface area contributed by atoms with E-state index >= 15 is 0 Å². The van der Waals surface area contributed by atoms with Gasteiger partial charge in [-0.3, -0.25) is 15.0 Å². The third-order valence-corrected chi connectivity index (χ3v) is 16.2. The lowest BCUT2D eigenvalue weighted by molar-refractivity contribution is -0.318. The summed E-state index contributed by atoms with van der Waals surface area (Å²) in [5, 5.41) is 42.4. The van der Waals surface area contributed by atoms with Crippen LogP contribution < -0.4 is 10.9 Å². The fourth-order valence-corrected chi connectivity index (χ4v) is 11.9. The lowest BCUT2D eigenvalue weighted by Gasteiger charge is -2.49. The average molecular weight is 1050 g/mol. The molecule has 1 unspecified atom stereocenters. The number of para-hydroxylation sites is 1. The Balaban J connectivity index is 1.61. The summed E-state index contributed by atoms with van der Waals surface area (Å²) in [6.07, 6.45) is -2.70. The maximum atomic E-state index is 14.8. The molecule has 0 bridgehead atoms. The Bertz CT molecular complexity index is 1950. The number of hydrogen-bond acceptors (Lipinski definition) is 18. The number of ether oxygens (including phenoxy) is 8. The summed E-state index contributed by atoms with van der Waals surface area (Å²) in [7, 11) is 5.25. The summed E-state index contributed by atoms with van der Waals surface area (Å²) >= 11 is 0. The van der Waals surface area contributed by atoms with Gasteiger partial charge in [0.25, 0.3) is 0 Å². The van der Waals surface area contributed by atoms with Crippen molar-refractivity contribution in [3.05, 3.63) is 30.3 Å². The Labute approximate surface area is 440 Å². The molecule has 5 N–H and O–H groups in total. The van der Waals surface area contributed by atoms with Crippen molar-refractivity contribution in [2.75, 3.05) is 33.2 Å². The number of aliphatic hydroxyl groups excluding tert-OH is 1. The largest absolute Gasteiger partial charge is 0.459 e. The highest BCUT2D eigenvalue weighted by atomic mass is 16.7. The van der Waals surface area contributed by atoms with Gasteiger partial charge >= 0.3 is 18.0 Å². The highest BCUT2D eigenvalue weighted by molar-refractivity contribution is 5.88.